The number of aryl methyl sites for hydroxylation is 1. The minimum atomic E-state index is -0.226. The second-order valence-electron chi connectivity index (χ2n) is 4.34. The van der Waals surface area contributed by atoms with Crippen LogP contribution in [0.2, 0.25) is 0 Å². The maximum Gasteiger partial charge on any atom is 0.0949 e. The standard InChI is InChI=1S/C11H16ClN3/c1-11(2,8-13)4-3-5-15-7-10(6-12)14-9-15/h7,9H,3-6H2,1-2H3. The Morgan fingerprint density at radius 3 is 2.87 bits per heavy atom. The smallest absolute Gasteiger partial charge is 0.0949 e. The second-order valence-corrected chi connectivity index (χ2v) is 4.60. The molecule has 0 radical (unpaired) electrons. The Bertz CT molecular complexity index is 349. The van der Waals surface area contributed by atoms with Crippen molar-refractivity contribution in [2.45, 2.75) is 39.1 Å². The SMILES string of the molecule is CC(C)(C#N)CCCn1cnc(CCl)c1. The molecule has 0 saturated heterocycles. The van der Waals surface area contributed by atoms with E-state index in [0.717, 1.165) is 25.1 Å². The summed E-state index contributed by atoms with van der Waals surface area (Å²) in [6.45, 7) is 4.82. The van der Waals surface area contributed by atoms with Crippen LogP contribution >= 0.6 is 11.6 Å². The van der Waals surface area contributed by atoms with Crippen LogP contribution in [0.1, 0.15) is 32.4 Å². The molecule has 1 aromatic heterocycles. The summed E-state index contributed by atoms with van der Waals surface area (Å²) in [6, 6.07) is 2.30. The van der Waals surface area contributed by atoms with Crippen LogP contribution in [0.25, 0.3) is 0 Å². The number of imidazole rings is 1. The lowest BCUT2D eigenvalue weighted by molar-refractivity contribution is 0.415. The van der Waals surface area contributed by atoms with E-state index in [-0.39, 0.29) is 5.41 Å². The zero-order valence-electron chi connectivity index (χ0n) is 9.20. The average Bonchev–Trinajstić information content (AvgIpc) is 2.66. The molecule has 0 saturated carbocycles. The maximum atomic E-state index is 8.85. The van der Waals surface area contributed by atoms with Gasteiger partial charge in [0.25, 0.3) is 0 Å². The molecular weight excluding hydrogens is 210 g/mol. The highest BCUT2D eigenvalue weighted by molar-refractivity contribution is 6.16. The fraction of sp³-hybridized carbons (Fsp3) is 0.636. The Kier molecular flexibility index (Phi) is 4.16. The van der Waals surface area contributed by atoms with Gasteiger partial charge in [-0.1, -0.05) is 0 Å². The number of aromatic nitrogens is 2. The number of hydrogen-bond donors (Lipinski definition) is 0. The molecule has 1 heterocycles. The zero-order chi connectivity index (χ0) is 11.3. The predicted octanol–water partition coefficient (Wildman–Crippen LogP) is 2.95. The first kappa shape index (κ1) is 12.1. The molecule has 0 bridgehead atoms. The normalized spacial score (nSPS) is 11.3. The Balaban J connectivity index is 2.35. The molecule has 82 valence electrons. The minimum absolute atomic E-state index is 0.226. The van der Waals surface area contributed by atoms with Crippen molar-refractivity contribution in [1.82, 2.24) is 9.55 Å². The van der Waals surface area contributed by atoms with Gasteiger partial charge in [-0.25, -0.2) is 4.98 Å². The van der Waals surface area contributed by atoms with Crippen molar-refractivity contribution >= 4 is 11.6 Å². The fourth-order valence-corrected chi connectivity index (χ4v) is 1.50. The van der Waals surface area contributed by atoms with Gasteiger partial charge in [0, 0.05) is 12.7 Å². The van der Waals surface area contributed by atoms with Crippen LogP contribution in [-0.4, -0.2) is 9.55 Å². The number of nitriles is 1. The highest BCUT2D eigenvalue weighted by atomic mass is 35.5. The summed E-state index contributed by atoms with van der Waals surface area (Å²) in [5.74, 6) is 0.455. The van der Waals surface area contributed by atoms with Crippen molar-refractivity contribution in [3.8, 4) is 6.07 Å². The number of rotatable bonds is 5. The predicted molar refractivity (Wildman–Crippen MR) is 60.4 cm³/mol. The summed E-state index contributed by atoms with van der Waals surface area (Å²) in [5.41, 5.74) is 0.673. The summed E-state index contributed by atoms with van der Waals surface area (Å²) in [5, 5.41) is 8.85. The molecule has 0 N–H and O–H groups in total. The largest absolute Gasteiger partial charge is 0.337 e. The average molecular weight is 226 g/mol. The summed E-state index contributed by atoms with van der Waals surface area (Å²) >= 11 is 5.65. The molecule has 0 aliphatic carbocycles. The molecule has 1 aromatic rings. The van der Waals surface area contributed by atoms with Crippen LogP contribution in [-0.2, 0) is 12.4 Å². The van der Waals surface area contributed by atoms with Crippen LogP contribution in [0.5, 0.6) is 0 Å². The molecule has 1 rings (SSSR count). The quantitative estimate of drug-likeness (QED) is 0.723. The first-order valence-corrected chi connectivity index (χ1v) is 5.59. The molecule has 0 spiro atoms. The molecule has 0 aromatic carbocycles. The molecule has 0 amide bonds. The molecule has 15 heavy (non-hydrogen) atoms. The molecule has 4 heteroatoms. The number of hydrogen-bond acceptors (Lipinski definition) is 2. The Hall–Kier alpha value is -1.01. The number of nitrogens with zero attached hydrogens (tertiary/aromatic N) is 3. The Morgan fingerprint density at radius 1 is 1.60 bits per heavy atom. The molecule has 0 atom stereocenters. The van der Waals surface area contributed by atoms with Crippen molar-refractivity contribution in [3.05, 3.63) is 18.2 Å². The van der Waals surface area contributed by atoms with Gasteiger partial charge in [0.15, 0.2) is 0 Å². The summed E-state index contributed by atoms with van der Waals surface area (Å²) in [6.07, 6.45) is 5.62. The van der Waals surface area contributed by atoms with Crippen LogP contribution < -0.4 is 0 Å². The van der Waals surface area contributed by atoms with Gasteiger partial charge in [0.2, 0.25) is 0 Å². The van der Waals surface area contributed by atoms with Gasteiger partial charge >= 0.3 is 0 Å². The van der Waals surface area contributed by atoms with E-state index in [0.29, 0.717) is 5.88 Å². The summed E-state index contributed by atoms with van der Waals surface area (Å²) in [4.78, 5) is 4.14. The lowest BCUT2D eigenvalue weighted by Gasteiger charge is -2.14. The van der Waals surface area contributed by atoms with E-state index in [4.69, 9.17) is 16.9 Å². The molecule has 0 unspecified atom stereocenters. The number of halogens is 1. The van der Waals surface area contributed by atoms with E-state index in [1.165, 1.54) is 0 Å². The molecular formula is C11H16ClN3. The van der Waals surface area contributed by atoms with E-state index in [1.54, 1.807) is 6.33 Å². The fourth-order valence-electron chi connectivity index (χ4n) is 1.36. The first-order valence-electron chi connectivity index (χ1n) is 5.05. The lowest BCUT2D eigenvalue weighted by Crippen LogP contribution is -2.09. The maximum absolute atomic E-state index is 8.85. The monoisotopic (exact) mass is 225 g/mol. The second kappa shape index (κ2) is 5.18. The molecule has 0 fully saturated rings. The third kappa shape index (κ3) is 3.93. The first-order chi connectivity index (χ1) is 7.07. The van der Waals surface area contributed by atoms with Crippen molar-refractivity contribution in [2.24, 2.45) is 5.41 Å². The van der Waals surface area contributed by atoms with E-state index in [9.17, 15) is 0 Å². The minimum Gasteiger partial charge on any atom is -0.337 e. The van der Waals surface area contributed by atoms with Crippen LogP contribution in [0.15, 0.2) is 12.5 Å². The van der Waals surface area contributed by atoms with Gasteiger partial charge in [-0.3, -0.25) is 0 Å². The van der Waals surface area contributed by atoms with Crippen LogP contribution in [0.3, 0.4) is 0 Å². The van der Waals surface area contributed by atoms with Gasteiger partial charge in [-0.15, -0.1) is 11.6 Å². The van der Waals surface area contributed by atoms with Crippen LogP contribution in [0, 0.1) is 16.7 Å². The Labute approximate surface area is 95.7 Å². The topological polar surface area (TPSA) is 41.6 Å². The molecule has 0 aliphatic rings. The van der Waals surface area contributed by atoms with Gasteiger partial charge < -0.3 is 4.57 Å². The zero-order valence-corrected chi connectivity index (χ0v) is 9.96. The van der Waals surface area contributed by atoms with E-state index in [2.05, 4.69) is 11.1 Å². The molecule has 0 aliphatic heterocycles. The molecule has 3 nitrogen and oxygen atoms in total. The van der Waals surface area contributed by atoms with Crippen molar-refractivity contribution < 1.29 is 0 Å². The lowest BCUT2D eigenvalue weighted by atomic mass is 9.90. The van der Waals surface area contributed by atoms with Crippen molar-refractivity contribution in [2.75, 3.05) is 0 Å². The van der Waals surface area contributed by atoms with Gasteiger partial charge in [-0.2, -0.15) is 5.26 Å². The highest BCUT2D eigenvalue weighted by Crippen LogP contribution is 2.20. The highest BCUT2D eigenvalue weighted by Gasteiger charge is 2.15. The van der Waals surface area contributed by atoms with E-state index >= 15 is 0 Å². The van der Waals surface area contributed by atoms with Crippen LogP contribution in [0.4, 0.5) is 0 Å². The van der Waals surface area contributed by atoms with Gasteiger partial charge in [0.1, 0.15) is 0 Å². The van der Waals surface area contributed by atoms with Gasteiger partial charge in [-0.05, 0) is 26.7 Å². The van der Waals surface area contributed by atoms with E-state index in [1.807, 2.05) is 24.6 Å². The van der Waals surface area contributed by atoms with Crippen molar-refractivity contribution in [3.63, 3.8) is 0 Å². The summed E-state index contributed by atoms with van der Waals surface area (Å²) < 4.78 is 2.02. The van der Waals surface area contributed by atoms with Crippen molar-refractivity contribution in [1.29, 1.82) is 5.26 Å². The number of alkyl halides is 1. The summed E-state index contributed by atoms with van der Waals surface area (Å²) in [7, 11) is 0. The van der Waals surface area contributed by atoms with Gasteiger partial charge in [0.05, 0.1) is 29.4 Å². The Morgan fingerprint density at radius 2 is 2.33 bits per heavy atom. The third-order valence-corrected chi connectivity index (χ3v) is 2.62. The van der Waals surface area contributed by atoms with E-state index < -0.39 is 0 Å². The third-order valence-electron chi connectivity index (χ3n) is 2.34.